The standard InChI is InChI=1S/C13H21N3OS/c1-9-5-10(8-18-9)13(15-14)12-6-16-4-2-3-11(16)7-17-12/h5,8,11-13,15H,2-4,6-7,14H2,1H3. The Morgan fingerprint density at radius 1 is 1.61 bits per heavy atom. The van der Waals surface area contributed by atoms with Crippen molar-refractivity contribution in [2.75, 3.05) is 19.7 Å². The molecule has 0 aromatic carbocycles. The number of nitrogens with two attached hydrogens (primary N) is 1. The van der Waals surface area contributed by atoms with Gasteiger partial charge in [-0.1, -0.05) is 0 Å². The normalized spacial score (nSPS) is 30.3. The summed E-state index contributed by atoms with van der Waals surface area (Å²) in [5.74, 6) is 5.74. The third-order valence-corrected chi connectivity index (χ3v) is 4.96. The Morgan fingerprint density at radius 3 is 3.22 bits per heavy atom. The average Bonchev–Trinajstić information content (AvgIpc) is 2.99. The molecule has 1 aromatic heterocycles. The fraction of sp³-hybridized carbons (Fsp3) is 0.692. The molecule has 2 saturated heterocycles. The fourth-order valence-electron chi connectivity index (χ4n) is 3.09. The second-order valence-corrected chi connectivity index (χ2v) is 6.41. The first kappa shape index (κ1) is 12.6. The van der Waals surface area contributed by atoms with Gasteiger partial charge in [0, 0.05) is 17.5 Å². The van der Waals surface area contributed by atoms with Crippen LogP contribution in [0.25, 0.3) is 0 Å². The Kier molecular flexibility index (Phi) is 3.68. The van der Waals surface area contributed by atoms with Gasteiger partial charge in [-0.15, -0.1) is 11.3 Å². The van der Waals surface area contributed by atoms with Crippen molar-refractivity contribution in [2.24, 2.45) is 5.84 Å². The van der Waals surface area contributed by atoms with E-state index in [2.05, 4.69) is 28.7 Å². The number of hydrogen-bond acceptors (Lipinski definition) is 5. The Bertz CT molecular complexity index is 409. The van der Waals surface area contributed by atoms with E-state index in [-0.39, 0.29) is 12.1 Å². The largest absolute Gasteiger partial charge is 0.373 e. The number of nitrogens with zero attached hydrogens (tertiary/aromatic N) is 1. The summed E-state index contributed by atoms with van der Waals surface area (Å²) in [6, 6.07) is 2.95. The Morgan fingerprint density at radius 2 is 2.50 bits per heavy atom. The third kappa shape index (κ3) is 2.33. The highest BCUT2D eigenvalue weighted by Gasteiger charge is 2.36. The van der Waals surface area contributed by atoms with Crippen LogP contribution in [0.15, 0.2) is 11.4 Å². The van der Waals surface area contributed by atoms with Crippen LogP contribution in [0, 0.1) is 6.92 Å². The average molecular weight is 267 g/mol. The molecule has 0 spiro atoms. The molecule has 2 aliphatic rings. The van der Waals surface area contributed by atoms with Gasteiger partial charge in [0.1, 0.15) is 0 Å². The van der Waals surface area contributed by atoms with Crippen LogP contribution in [-0.2, 0) is 4.74 Å². The Balaban J connectivity index is 1.72. The van der Waals surface area contributed by atoms with Crippen LogP contribution in [0.2, 0.25) is 0 Å². The van der Waals surface area contributed by atoms with E-state index in [0.717, 1.165) is 13.2 Å². The van der Waals surface area contributed by atoms with Crippen LogP contribution in [0.1, 0.15) is 29.3 Å². The Hall–Kier alpha value is -0.460. The monoisotopic (exact) mass is 267 g/mol. The van der Waals surface area contributed by atoms with Crippen molar-refractivity contribution in [1.82, 2.24) is 10.3 Å². The lowest BCUT2D eigenvalue weighted by Crippen LogP contribution is -2.51. The molecule has 5 heteroatoms. The SMILES string of the molecule is Cc1cc(C(NN)C2CN3CCCC3CO2)cs1. The molecule has 2 fully saturated rings. The molecule has 3 rings (SSSR count). The van der Waals surface area contributed by atoms with Crippen LogP contribution >= 0.6 is 11.3 Å². The van der Waals surface area contributed by atoms with E-state index in [0.29, 0.717) is 6.04 Å². The smallest absolute Gasteiger partial charge is 0.0910 e. The minimum Gasteiger partial charge on any atom is -0.373 e. The molecule has 3 unspecified atom stereocenters. The third-order valence-electron chi connectivity index (χ3n) is 4.08. The van der Waals surface area contributed by atoms with E-state index in [1.165, 1.54) is 29.8 Å². The molecule has 4 nitrogen and oxygen atoms in total. The number of hydrazine groups is 1. The molecule has 3 N–H and O–H groups in total. The van der Waals surface area contributed by atoms with Gasteiger partial charge in [0.2, 0.25) is 0 Å². The van der Waals surface area contributed by atoms with Crippen molar-refractivity contribution in [3.8, 4) is 0 Å². The van der Waals surface area contributed by atoms with Crippen molar-refractivity contribution >= 4 is 11.3 Å². The zero-order valence-corrected chi connectivity index (χ0v) is 11.6. The van der Waals surface area contributed by atoms with E-state index < -0.39 is 0 Å². The lowest BCUT2D eigenvalue weighted by molar-refractivity contribution is -0.0652. The van der Waals surface area contributed by atoms with Gasteiger partial charge in [-0.25, -0.2) is 0 Å². The summed E-state index contributed by atoms with van der Waals surface area (Å²) in [6.07, 6.45) is 2.75. The highest BCUT2D eigenvalue weighted by atomic mass is 32.1. The molecule has 0 amide bonds. The molecular formula is C13H21N3OS. The topological polar surface area (TPSA) is 50.5 Å². The maximum absolute atomic E-state index is 6.03. The molecule has 2 aliphatic heterocycles. The number of morpholine rings is 1. The molecule has 18 heavy (non-hydrogen) atoms. The highest BCUT2D eigenvalue weighted by molar-refractivity contribution is 7.10. The minimum atomic E-state index is 0.108. The van der Waals surface area contributed by atoms with E-state index in [1.807, 2.05) is 0 Å². The second-order valence-electron chi connectivity index (χ2n) is 5.30. The van der Waals surface area contributed by atoms with Gasteiger partial charge in [-0.05, 0) is 43.3 Å². The van der Waals surface area contributed by atoms with Crippen molar-refractivity contribution in [2.45, 2.75) is 38.0 Å². The van der Waals surface area contributed by atoms with Crippen LogP contribution in [-0.4, -0.2) is 36.7 Å². The molecule has 0 aliphatic carbocycles. The highest BCUT2D eigenvalue weighted by Crippen LogP contribution is 2.30. The fourth-order valence-corrected chi connectivity index (χ4v) is 3.83. The minimum absolute atomic E-state index is 0.108. The number of fused-ring (bicyclic) bond motifs is 1. The lowest BCUT2D eigenvalue weighted by Gasteiger charge is -2.38. The summed E-state index contributed by atoms with van der Waals surface area (Å²) in [6.45, 7) is 5.19. The molecule has 1 aromatic rings. The van der Waals surface area contributed by atoms with Crippen LogP contribution < -0.4 is 11.3 Å². The first-order valence-corrected chi connectivity index (χ1v) is 7.52. The number of aryl methyl sites for hydroxylation is 1. The van der Waals surface area contributed by atoms with Crippen molar-refractivity contribution in [3.63, 3.8) is 0 Å². The maximum Gasteiger partial charge on any atom is 0.0910 e. The predicted molar refractivity (Wildman–Crippen MR) is 73.5 cm³/mol. The van der Waals surface area contributed by atoms with E-state index >= 15 is 0 Å². The van der Waals surface area contributed by atoms with Crippen molar-refractivity contribution in [1.29, 1.82) is 0 Å². The number of ether oxygens (including phenoxy) is 1. The summed E-state index contributed by atoms with van der Waals surface area (Å²) in [5, 5.41) is 2.18. The number of nitrogens with one attached hydrogen (secondary N) is 1. The number of thiophene rings is 1. The first-order chi connectivity index (χ1) is 8.78. The number of hydrogen-bond donors (Lipinski definition) is 2. The van der Waals surface area contributed by atoms with E-state index in [9.17, 15) is 0 Å². The molecule has 100 valence electrons. The lowest BCUT2D eigenvalue weighted by atomic mass is 10.0. The van der Waals surface area contributed by atoms with Gasteiger partial charge in [0.05, 0.1) is 18.8 Å². The number of rotatable bonds is 3. The molecule has 0 radical (unpaired) electrons. The molecule has 3 heterocycles. The summed E-state index contributed by atoms with van der Waals surface area (Å²) in [7, 11) is 0. The van der Waals surface area contributed by atoms with Gasteiger partial charge in [0.15, 0.2) is 0 Å². The van der Waals surface area contributed by atoms with E-state index in [4.69, 9.17) is 10.6 Å². The Labute approximate surface area is 112 Å². The summed E-state index contributed by atoms with van der Waals surface area (Å²) >= 11 is 1.77. The quantitative estimate of drug-likeness (QED) is 0.642. The zero-order valence-electron chi connectivity index (χ0n) is 10.8. The maximum atomic E-state index is 6.03. The van der Waals surface area contributed by atoms with Crippen LogP contribution in [0.3, 0.4) is 0 Å². The van der Waals surface area contributed by atoms with Gasteiger partial charge in [0.25, 0.3) is 0 Å². The molecule has 3 atom stereocenters. The zero-order chi connectivity index (χ0) is 12.5. The summed E-state index contributed by atoms with van der Waals surface area (Å²) in [5.41, 5.74) is 4.19. The molecule has 0 bridgehead atoms. The second kappa shape index (κ2) is 5.27. The predicted octanol–water partition coefficient (Wildman–Crippen LogP) is 1.42. The van der Waals surface area contributed by atoms with Gasteiger partial charge in [-0.3, -0.25) is 16.2 Å². The van der Waals surface area contributed by atoms with Gasteiger partial charge >= 0.3 is 0 Å². The van der Waals surface area contributed by atoms with Crippen molar-refractivity contribution in [3.05, 3.63) is 21.9 Å². The first-order valence-electron chi connectivity index (χ1n) is 6.64. The van der Waals surface area contributed by atoms with Crippen molar-refractivity contribution < 1.29 is 4.74 Å². The van der Waals surface area contributed by atoms with Crippen LogP contribution in [0.4, 0.5) is 0 Å². The van der Waals surface area contributed by atoms with Gasteiger partial charge < -0.3 is 4.74 Å². The van der Waals surface area contributed by atoms with Crippen LogP contribution in [0.5, 0.6) is 0 Å². The summed E-state index contributed by atoms with van der Waals surface area (Å²) in [4.78, 5) is 3.87. The molecule has 0 saturated carbocycles. The van der Waals surface area contributed by atoms with Gasteiger partial charge in [-0.2, -0.15) is 0 Å². The molecular weight excluding hydrogens is 246 g/mol. The van der Waals surface area contributed by atoms with E-state index in [1.54, 1.807) is 11.3 Å². The summed E-state index contributed by atoms with van der Waals surface area (Å²) < 4.78 is 6.03.